The Morgan fingerprint density at radius 1 is 1.23 bits per heavy atom. The Hall–Kier alpha value is -3.06. The number of hydrogen-bond acceptors (Lipinski definition) is 4. The van der Waals surface area contributed by atoms with Crippen LogP contribution in [0.1, 0.15) is 5.76 Å². The SMILES string of the molecule is COCCN(Cc1ccco1)C(=O)Nc1cn(C)c(=O)c2ccccc12. The summed E-state index contributed by atoms with van der Waals surface area (Å²) in [7, 11) is 3.25. The number of fused-ring (bicyclic) bond motifs is 1. The summed E-state index contributed by atoms with van der Waals surface area (Å²) in [5.74, 6) is 0.682. The summed E-state index contributed by atoms with van der Waals surface area (Å²) in [6, 6.07) is 10.5. The Labute approximate surface area is 150 Å². The van der Waals surface area contributed by atoms with E-state index < -0.39 is 0 Å². The van der Waals surface area contributed by atoms with Gasteiger partial charge in [0.05, 0.1) is 25.1 Å². The third kappa shape index (κ3) is 3.78. The normalized spacial score (nSPS) is 10.8. The second kappa shape index (κ2) is 7.88. The quantitative estimate of drug-likeness (QED) is 0.738. The van der Waals surface area contributed by atoms with Crippen LogP contribution >= 0.6 is 0 Å². The maximum Gasteiger partial charge on any atom is 0.322 e. The molecule has 0 bridgehead atoms. The largest absolute Gasteiger partial charge is 0.467 e. The van der Waals surface area contributed by atoms with Crippen molar-refractivity contribution in [3.05, 3.63) is 65.0 Å². The monoisotopic (exact) mass is 355 g/mol. The van der Waals surface area contributed by atoms with Crippen LogP contribution in [0.5, 0.6) is 0 Å². The van der Waals surface area contributed by atoms with E-state index >= 15 is 0 Å². The molecule has 26 heavy (non-hydrogen) atoms. The summed E-state index contributed by atoms with van der Waals surface area (Å²) in [4.78, 5) is 26.7. The minimum atomic E-state index is -0.290. The van der Waals surface area contributed by atoms with Gasteiger partial charge in [0, 0.05) is 37.7 Å². The number of nitrogens with zero attached hydrogens (tertiary/aromatic N) is 2. The minimum Gasteiger partial charge on any atom is -0.467 e. The molecular weight excluding hydrogens is 334 g/mol. The van der Waals surface area contributed by atoms with Crippen LogP contribution in [0.2, 0.25) is 0 Å². The zero-order valence-corrected chi connectivity index (χ0v) is 14.8. The molecule has 0 fully saturated rings. The smallest absolute Gasteiger partial charge is 0.322 e. The van der Waals surface area contributed by atoms with Crippen LogP contribution in [-0.4, -0.2) is 35.8 Å². The number of aryl methyl sites for hydroxylation is 1. The van der Waals surface area contributed by atoms with E-state index in [0.29, 0.717) is 41.9 Å². The fourth-order valence-electron chi connectivity index (χ4n) is 2.75. The summed E-state index contributed by atoms with van der Waals surface area (Å²) < 4.78 is 11.9. The van der Waals surface area contributed by atoms with Crippen molar-refractivity contribution >= 4 is 22.5 Å². The fraction of sp³-hybridized carbons (Fsp3) is 0.263. The molecule has 136 valence electrons. The number of hydrogen-bond donors (Lipinski definition) is 1. The van der Waals surface area contributed by atoms with Crippen molar-refractivity contribution in [2.75, 3.05) is 25.6 Å². The lowest BCUT2D eigenvalue weighted by molar-refractivity contribution is 0.149. The average molecular weight is 355 g/mol. The van der Waals surface area contributed by atoms with Gasteiger partial charge in [-0.05, 0) is 18.2 Å². The van der Waals surface area contributed by atoms with Crippen LogP contribution in [0.4, 0.5) is 10.5 Å². The number of anilines is 1. The summed E-state index contributed by atoms with van der Waals surface area (Å²) >= 11 is 0. The van der Waals surface area contributed by atoms with Crippen LogP contribution in [0.3, 0.4) is 0 Å². The predicted molar refractivity (Wildman–Crippen MR) is 99.2 cm³/mol. The van der Waals surface area contributed by atoms with Crippen molar-refractivity contribution in [1.29, 1.82) is 0 Å². The number of ether oxygens (including phenoxy) is 1. The third-order valence-corrected chi connectivity index (χ3v) is 4.11. The van der Waals surface area contributed by atoms with Crippen molar-refractivity contribution in [2.45, 2.75) is 6.54 Å². The van der Waals surface area contributed by atoms with Gasteiger partial charge in [-0.1, -0.05) is 18.2 Å². The number of carbonyl (C=O) groups is 1. The number of pyridine rings is 1. The van der Waals surface area contributed by atoms with Crippen LogP contribution < -0.4 is 10.9 Å². The number of benzene rings is 1. The van der Waals surface area contributed by atoms with Gasteiger partial charge in [0.1, 0.15) is 5.76 Å². The van der Waals surface area contributed by atoms with Crippen molar-refractivity contribution in [3.63, 3.8) is 0 Å². The highest BCUT2D eigenvalue weighted by Crippen LogP contribution is 2.20. The van der Waals surface area contributed by atoms with E-state index in [4.69, 9.17) is 9.15 Å². The molecule has 0 saturated carbocycles. The zero-order valence-electron chi connectivity index (χ0n) is 14.8. The van der Waals surface area contributed by atoms with Crippen LogP contribution in [0, 0.1) is 0 Å². The van der Waals surface area contributed by atoms with Gasteiger partial charge in [-0.3, -0.25) is 4.79 Å². The Balaban J connectivity index is 1.88. The van der Waals surface area contributed by atoms with Crippen LogP contribution in [0.15, 0.2) is 58.1 Å². The lowest BCUT2D eigenvalue weighted by atomic mass is 10.1. The zero-order chi connectivity index (χ0) is 18.5. The van der Waals surface area contributed by atoms with Gasteiger partial charge in [0.25, 0.3) is 5.56 Å². The van der Waals surface area contributed by atoms with Gasteiger partial charge < -0.3 is 23.9 Å². The van der Waals surface area contributed by atoms with E-state index in [1.54, 1.807) is 49.7 Å². The highest BCUT2D eigenvalue weighted by atomic mass is 16.5. The van der Waals surface area contributed by atoms with E-state index in [-0.39, 0.29) is 11.6 Å². The molecule has 2 amide bonds. The molecule has 0 spiro atoms. The van der Waals surface area contributed by atoms with E-state index in [1.807, 2.05) is 18.2 Å². The fourth-order valence-corrected chi connectivity index (χ4v) is 2.75. The second-order valence-electron chi connectivity index (χ2n) is 5.93. The second-order valence-corrected chi connectivity index (χ2v) is 5.93. The topological polar surface area (TPSA) is 76.7 Å². The van der Waals surface area contributed by atoms with Gasteiger partial charge in [-0.15, -0.1) is 0 Å². The molecule has 0 saturated heterocycles. The summed E-state index contributed by atoms with van der Waals surface area (Å²) in [5.41, 5.74) is 0.472. The Bertz CT molecular complexity index is 947. The highest BCUT2D eigenvalue weighted by molar-refractivity contribution is 6.00. The number of aromatic nitrogens is 1. The lowest BCUT2D eigenvalue weighted by Gasteiger charge is -2.22. The Kier molecular flexibility index (Phi) is 5.38. The lowest BCUT2D eigenvalue weighted by Crippen LogP contribution is -2.37. The van der Waals surface area contributed by atoms with E-state index in [1.165, 1.54) is 4.57 Å². The highest BCUT2D eigenvalue weighted by Gasteiger charge is 2.17. The van der Waals surface area contributed by atoms with Gasteiger partial charge in [-0.25, -0.2) is 4.79 Å². The van der Waals surface area contributed by atoms with Crippen molar-refractivity contribution < 1.29 is 13.9 Å². The molecule has 0 aliphatic carbocycles. The van der Waals surface area contributed by atoms with Crippen molar-refractivity contribution in [3.8, 4) is 0 Å². The molecule has 0 unspecified atom stereocenters. The van der Waals surface area contributed by atoms with Crippen molar-refractivity contribution in [1.82, 2.24) is 9.47 Å². The van der Waals surface area contributed by atoms with Gasteiger partial charge >= 0.3 is 6.03 Å². The van der Waals surface area contributed by atoms with E-state index in [0.717, 1.165) is 0 Å². The molecule has 3 aromatic rings. The first-order valence-corrected chi connectivity index (χ1v) is 8.26. The van der Waals surface area contributed by atoms with Gasteiger partial charge in [-0.2, -0.15) is 0 Å². The van der Waals surface area contributed by atoms with Gasteiger partial charge in [0.15, 0.2) is 0 Å². The Morgan fingerprint density at radius 3 is 2.69 bits per heavy atom. The van der Waals surface area contributed by atoms with Crippen LogP contribution in [-0.2, 0) is 18.3 Å². The van der Waals surface area contributed by atoms with Gasteiger partial charge in [0.2, 0.25) is 0 Å². The molecule has 0 atom stereocenters. The number of amides is 2. The predicted octanol–water partition coefficient (Wildman–Crippen LogP) is 2.81. The molecule has 0 aliphatic heterocycles. The first kappa shape index (κ1) is 17.8. The summed E-state index contributed by atoms with van der Waals surface area (Å²) in [6.07, 6.45) is 3.20. The number of carbonyl (C=O) groups excluding carboxylic acids is 1. The summed E-state index contributed by atoms with van der Waals surface area (Å²) in [5, 5.41) is 4.16. The van der Waals surface area contributed by atoms with Crippen LogP contribution in [0.25, 0.3) is 10.8 Å². The molecular formula is C19H21N3O4. The van der Waals surface area contributed by atoms with Crippen molar-refractivity contribution in [2.24, 2.45) is 7.05 Å². The van der Waals surface area contributed by atoms with E-state index in [2.05, 4.69) is 5.32 Å². The average Bonchev–Trinajstić information content (AvgIpc) is 3.16. The number of urea groups is 1. The molecule has 7 nitrogen and oxygen atoms in total. The molecule has 3 rings (SSSR count). The van der Waals surface area contributed by atoms with E-state index in [9.17, 15) is 9.59 Å². The maximum absolute atomic E-state index is 12.8. The summed E-state index contributed by atoms with van der Waals surface area (Å²) in [6.45, 7) is 1.14. The third-order valence-electron chi connectivity index (χ3n) is 4.11. The first-order chi connectivity index (χ1) is 12.6. The number of nitrogens with one attached hydrogen (secondary N) is 1. The molecule has 0 aliphatic rings. The molecule has 2 aromatic heterocycles. The maximum atomic E-state index is 12.8. The molecule has 1 aromatic carbocycles. The molecule has 7 heteroatoms. The number of rotatable bonds is 6. The number of methoxy groups -OCH3 is 1. The Morgan fingerprint density at radius 2 is 2.00 bits per heavy atom. The molecule has 1 N–H and O–H groups in total. The first-order valence-electron chi connectivity index (χ1n) is 8.26. The standard InChI is InChI=1S/C19H21N3O4/c1-21-13-17(15-7-3-4-8-16(15)18(21)23)20-19(24)22(9-11-25-2)12-14-6-5-10-26-14/h3-8,10,13H,9,11-12H2,1-2H3,(H,20,24). The minimum absolute atomic E-state index is 0.106. The molecule has 0 radical (unpaired) electrons. The number of furan rings is 1. The molecule has 2 heterocycles.